The molecule has 0 aliphatic carbocycles. The third-order valence-electron chi connectivity index (χ3n) is 6.34. The number of nitrogens with two attached hydrogens (primary N) is 3. The highest BCUT2D eigenvalue weighted by Gasteiger charge is 2.39. The smallest absolute Gasteiger partial charge is 0.326 e. The van der Waals surface area contributed by atoms with E-state index in [1.54, 1.807) is 4.90 Å². The van der Waals surface area contributed by atoms with Crippen LogP contribution >= 0.6 is 0 Å². The first-order valence-corrected chi connectivity index (χ1v) is 12.4. The van der Waals surface area contributed by atoms with E-state index in [4.69, 9.17) is 17.2 Å². The van der Waals surface area contributed by atoms with Crippen LogP contribution in [0.1, 0.15) is 57.8 Å². The van der Waals surface area contributed by atoms with Crippen LogP contribution in [0.25, 0.3) is 0 Å². The van der Waals surface area contributed by atoms with Crippen LogP contribution in [0, 0.1) is 0 Å². The molecule has 2 heterocycles. The van der Waals surface area contributed by atoms with Crippen molar-refractivity contribution in [2.45, 2.75) is 82.0 Å². The predicted octanol–water partition coefficient (Wildman–Crippen LogP) is -2.03. The van der Waals surface area contributed by atoms with Crippen LogP contribution in [-0.4, -0.2) is 90.0 Å². The monoisotopic (exact) mass is 496 g/mol. The number of carbonyl (C=O) groups is 4. The summed E-state index contributed by atoms with van der Waals surface area (Å²) >= 11 is 0. The van der Waals surface area contributed by atoms with Crippen LogP contribution in [0.3, 0.4) is 0 Å². The Bertz CT molecular complexity index is 767. The Hall–Kier alpha value is -2.93. The largest absolute Gasteiger partial charge is 0.480 e. The molecule has 0 radical (unpaired) electrons. The number of carboxylic acid groups (broad SMARTS) is 1. The van der Waals surface area contributed by atoms with E-state index in [1.807, 2.05) is 0 Å². The lowest BCUT2D eigenvalue weighted by Gasteiger charge is -2.28. The van der Waals surface area contributed by atoms with Crippen LogP contribution in [-0.2, 0) is 19.2 Å². The highest BCUT2D eigenvalue weighted by molar-refractivity contribution is 5.94. The van der Waals surface area contributed by atoms with Crippen LogP contribution in [0.2, 0.25) is 0 Å². The average Bonchev–Trinajstić information content (AvgIpc) is 3.52. The van der Waals surface area contributed by atoms with Crippen molar-refractivity contribution in [3.8, 4) is 0 Å². The lowest BCUT2D eigenvalue weighted by Crippen LogP contribution is -2.56. The molecule has 0 bridgehead atoms. The third kappa shape index (κ3) is 8.98. The first-order valence-electron chi connectivity index (χ1n) is 12.4. The average molecular weight is 497 g/mol. The zero-order chi connectivity index (χ0) is 25.8. The predicted molar refractivity (Wildman–Crippen MR) is 130 cm³/mol. The van der Waals surface area contributed by atoms with Gasteiger partial charge in [0, 0.05) is 13.1 Å². The molecule has 0 spiro atoms. The lowest BCUT2D eigenvalue weighted by atomic mass is 10.1. The molecule has 4 unspecified atom stereocenters. The maximum Gasteiger partial charge on any atom is 0.326 e. The molecule has 2 aliphatic rings. The number of rotatable bonds is 14. The van der Waals surface area contributed by atoms with Gasteiger partial charge < -0.3 is 43.2 Å². The lowest BCUT2D eigenvalue weighted by molar-refractivity contribution is -0.143. The number of hydrogen-bond acceptors (Lipinski definition) is 7. The van der Waals surface area contributed by atoms with Gasteiger partial charge in [-0.15, -0.1) is 0 Å². The third-order valence-corrected chi connectivity index (χ3v) is 6.34. The van der Waals surface area contributed by atoms with Gasteiger partial charge in [-0.3, -0.25) is 19.4 Å². The van der Waals surface area contributed by atoms with Gasteiger partial charge in [-0.05, 0) is 70.9 Å². The van der Waals surface area contributed by atoms with E-state index < -0.39 is 35.9 Å². The van der Waals surface area contributed by atoms with Crippen molar-refractivity contribution >= 4 is 29.7 Å². The van der Waals surface area contributed by atoms with Crippen LogP contribution in [0.5, 0.6) is 0 Å². The first kappa shape index (κ1) is 28.3. The number of guanidine groups is 1. The van der Waals surface area contributed by atoms with Gasteiger partial charge in [0.05, 0.1) is 6.04 Å². The van der Waals surface area contributed by atoms with Gasteiger partial charge in [-0.25, -0.2) is 4.79 Å². The number of nitrogens with zero attached hydrogens (tertiary/aromatic N) is 2. The van der Waals surface area contributed by atoms with Crippen molar-refractivity contribution in [2.24, 2.45) is 22.2 Å². The fourth-order valence-electron chi connectivity index (χ4n) is 4.46. The molecule has 0 aromatic heterocycles. The zero-order valence-electron chi connectivity index (χ0n) is 20.2. The summed E-state index contributed by atoms with van der Waals surface area (Å²) in [6.45, 7) is 1.95. The molecule has 10 N–H and O–H groups in total. The van der Waals surface area contributed by atoms with Crippen molar-refractivity contribution < 1.29 is 24.3 Å². The Morgan fingerprint density at radius 1 is 1.03 bits per heavy atom. The number of hydrogen-bond donors (Lipinski definition) is 7. The van der Waals surface area contributed by atoms with Gasteiger partial charge in [0.2, 0.25) is 17.7 Å². The summed E-state index contributed by atoms with van der Waals surface area (Å²) in [6.07, 6.45) is 4.91. The summed E-state index contributed by atoms with van der Waals surface area (Å²) in [5.41, 5.74) is 16.1. The Labute approximate surface area is 205 Å². The molecule has 0 aromatic carbocycles. The standard InChI is InChI=1S/C22H40N8O5/c23-10-2-1-6-14(18(31)29-16(21(34)35)8-4-12-27-22(24)25)28-19(32)17-9-5-13-30(17)20(33)15-7-3-11-26-15/h14-17,26H,1-13,23H2,(H,28,32)(H,29,31)(H,34,35)(H4,24,25,27). The molecule has 4 atom stereocenters. The SMILES string of the molecule is NCCCCC(NC(=O)C1CCCN1C(=O)C1CCCN1)C(=O)NC(CCCN=C(N)N)C(=O)O. The number of carbonyl (C=O) groups excluding carboxylic acids is 3. The number of nitrogens with one attached hydrogen (secondary N) is 3. The van der Waals surface area contributed by atoms with E-state index in [1.165, 1.54) is 0 Å². The van der Waals surface area contributed by atoms with Crippen LogP contribution in [0.4, 0.5) is 0 Å². The Morgan fingerprint density at radius 3 is 2.40 bits per heavy atom. The molecule has 2 saturated heterocycles. The maximum atomic E-state index is 13.1. The summed E-state index contributed by atoms with van der Waals surface area (Å²) in [4.78, 5) is 56.1. The Balaban J connectivity index is 2.02. The molecule has 3 amide bonds. The molecule has 0 aromatic rings. The molecule has 0 saturated carbocycles. The summed E-state index contributed by atoms with van der Waals surface area (Å²) in [7, 11) is 0. The highest BCUT2D eigenvalue weighted by atomic mass is 16.4. The van der Waals surface area contributed by atoms with Gasteiger partial charge in [0.15, 0.2) is 5.96 Å². The zero-order valence-corrected chi connectivity index (χ0v) is 20.2. The molecule has 2 aliphatic heterocycles. The number of aliphatic carboxylic acids is 1. The molecule has 198 valence electrons. The summed E-state index contributed by atoms with van der Waals surface area (Å²) in [5, 5.41) is 18.0. The molecule has 2 fully saturated rings. The van der Waals surface area contributed by atoms with Crippen molar-refractivity contribution in [2.75, 3.05) is 26.2 Å². The van der Waals surface area contributed by atoms with Crippen LogP contribution < -0.4 is 33.2 Å². The minimum Gasteiger partial charge on any atom is -0.480 e. The highest BCUT2D eigenvalue weighted by Crippen LogP contribution is 2.21. The number of unbranched alkanes of at least 4 members (excludes halogenated alkanes) is 1. The summed E-state index contributed by atoms with van der Waals surface area (Å²) < 4.78 is 0. The second-order valence-corrected chi connectivity index (χ2v) is 9.03. The maximum absolute atomic E-state index is 13.1. The number of aliphatic imine (C=N–C) groups is 1. The number of amides is 3. The molecule has 13 heteroatoms. The van der Waals surface area contributed by atoms with E-state index in [9.17, 15) is 24.3 Å². The number of carboxylic acids is 1. The minimum absolute atomic E-state index is 0.0870. The van der Waals surface area contributed by atoms with Crippen LogP contribution in [0.15, 0.2) is 4.99 Å². The van der Waals surface area contributed by atoms with Gasteiger partial charge >= 0.3 is 5.97 Å². The summed E-state index contributed by atoms with van der Waals surface area (Å²) in [5.74, 6) is -2.35. The van der Waals surface area contributed by atoms with Gasteiger partial charge in [-0.2, -0.15) is 0 Å². The molecule has 35 heavy (non-hydrogen) atoms. The number of likely N-dealkylation sites (tertiary alicyclic amines) is 1. The van der Waals surface area contributed by atoms with E-state index in [0.717, 1.165) is 19.4 Å². The van der Waals surface area contributed by atoms with E-state index in [-0.39, 0.29) is 30.9 Å². The van der Waals surface area contributed by atoms with E-state index >= 15 is 0 Å². The van der Waals surface area contributed by atoms with Crippen molar-refractivity contribution in [3.05, 3.63) is 0 Å². The molecule has 13 nitrogen and oxygen atoms in total. The van der Waals surface area contributed by atoms with E-state index in [2.05, 4.69) is 20.9 Å². The topological polar surface area (TPSA) is 218 Å². The molecule has 2 rings (SSSR count). The quantitative estimate of drug-likeness (QED) is 0.0799. The second-order valence-electron chi connectivity index (χ2n) is 9.03. The van der Waals surface area contributed by atoms with Crippen molar-refractivity contribution in [3.63, 3.8) is 0 Å². The minimum atomic E-state index is -1.19. The second kappa shape index (κ2) is 14.5. The molecular formula is C22H40N8O5. The van der Waals surface area contributed by atoms with Gasteiger partial charge in [-0.1, -0.05) is 0 Å². The first-order chi connectivity index (χ1) is 16.7. The summed E-state index contributed by atoms with van der Waals surface area (Å²) in [6, 6.07) is -3.01. The fraction of sp³-hybridized carbons (Fsp3) is 0.773. The normalized spacial score (nSPS) is 21.2. The Kier molecular flexibility index (Phi) is 11.7. The van der Waals surface area contributed by atoms with Crippen molar-refractivity contribution in [1.29, 1.82) is 0 Å². The van der Waals surface area contributed by atoms with Gasteiger partial charge in [0.25, 0.3) is 0 Å². The van der Waals surface area contributed by atoms with Crippen molar-refractivity contribution in [1.82, 2.24) is 20.9 Å². The van der Waals surface area contributed by atoms with E-state index in [0.29, 0.717) is 51.6 Å². The molecular weight excluding hydrogens is 456 g/mol. The van der Waals surface area contributed by atoms with Gasteiger partial charge in [0.1, 0.15) is 18.1 Å². The fourth-order valence-corrected chi connectivity index (χ4v) is 4.46. The Morgan fingerprint density at radius 2 is 1.77 bits per heavy atom.